The zero-order valence-electron chi connectivity index (χ0n) is 11.3. The summed E-state index contributed by atoms with van der Waals surface area (Å²) in [5.74, 6) is 6.13. The Hall–Kier alpha value is -1.11. The van der Waals surface area contributed by atoms with Crippen LogP contribution in [-0.2, 0) is 14.3 Å². The number of carbonyl (C=O) groups is 1. The van der Waals surface area contributed by atoms with Gasteiger partial charge in [-0.3, -0.25) is 4.79 Å². The fourth-order valence-corrected chi connectivity index (χ4v) is 1.75. The number of hydrogen-bond donors (Lipinski definition) is 0. The molecule has 3 heteroatoms. The highest BCUT2D eigenvalue weighted by atomic mass is 16.7. The lowest BCUT2D eigenvalue weighted by molar-refractivity contribution is -0.122. The van der Waals surface area contributed by atoms with Gasteiger partial charge in [-0.05, 0) is 26.2 Å². The van der Waals surface area contributed by atoms with Gasteiger partial charge >= 0.3 is 0 Å². The van der Waals surface area contributed by atoms with Gasteiger partial charge in [-0.15, -0.1) is 5.92 Å². The minimum atomic E-state index is -0.156. The van der Waals surface area contributed by atoms with Crippen LogP contribution in [0.1, 0.15) is 39.0 Å². The molecule has 0 N–H and O–H groups in total. The summed E-state index contributed by atoms with van der Waals surface area (Å²) in [6.45, 7) is 2.14. The van der Waals surface area contributed by atoms with Crippen LogP contribution in [-0.4, -0.2) is 25.8 Å². The van der Waals surface area contributed by atoms with E-state index >= 15 is 0 Å². The largest absolute Gasteiger partial charge is 0.359 e. The summed E-state index contributed by atoms with van der Waals surface area (Å²) >= 11 is 0. The lowest BCUT2D eigenvalue weighted by Crippen LogP contribution is -2.16. The highest BCUT2D eigenvalue weighted by Gasteiger charge is 2.13. The second-order valence-corrected chi connectivity index (χ2v) is 4.48. The lowest BCUT2D eigenvalue weighted by atomic mass is 10.00. The third-order valence-electron chi connectivity index (χ3n) is 2.90. The van der Waals surface area contributed by atoms with Crippen LogP contribution in [0, 0.1) is 17.8 Å². The average molecular weight is 250 g/mol. The Morgan fingerprint density at radius 1 is 1.50 bits per heavy atom. The normalized spacial score (nSPS) is 25.8. The number of Topliss-reactive ketones (excluding diaryl/α,β-unsaturated/α-hetero) is 1. The molecular weight excluding hydrogens is 228 g/mol. The third-order valence-corrected chi connectivity index (χ3v) is 2.90. The molecule has 0 amide bonds. The monoisotopic (exact) mass is 250 g/mol. The number of ether oxygens (including phenoxy) is 2. The van der Waals surface area contributed by atoms with Gasteiger partial charge in [0.15, 0.2) is 0 Å². The standard InChI is InChI=1S/C15H22O3/c1-13-8-6-4-3-5-7-9-14(18-12-17-2)10-11-15(13)16/h7,9,13-14H,3-5,10-12H2,1-2H3. The predicted octanol–water partition coefficient (Wildman–Crippen LogP) is 2.70. The molecule has 100 valence electrons. The summed E-state index contributed by atoms with van der Waals surface area (Å²) < 4.78 is 10.4. The molecule has 0 spiro atoms. The summed E-state index contributed by atoms with van der Waals surface area (Å²) in [6.07, 6.45) is 8.20. The molecule has 0 aromatic heterocycles. The van der Waals surface area contributed by atoms with Gasteiger partial charge < -0.3 is 9.47 Å². The van der Waals surface area contributed by atoms with E-state index in [0.29, 0.717) is 12.8 Å². The molecule has 0 aromatic carbocycles. The Balaban J connectivity index is 2.58. The molecule has 0 radical (unpaired) electrons. The Kier molecular flexibility index (Phi) is 7.40. The summed E-state index contributed by atoms with van der Waals surface area (Å²) in [5.41, 5.74) is 0. The van der Waals surface area contributed by atoms with Crippen LogP contribution in [0.25, 0.3) is 0 Å². The van der Waals surface area contributed by atoms with Gasteiger partial charge in [0, 0.05) is 20.0 Å². The average Bonchev–Trinajstić information content (AvgIpc) is 2.37. The van der Waals surface area contributed by atoms with E-state index in [4.69, 9.17) is 9.47 Å². The van der Waals surface area contributed by atoms with Gasteiger partial charge in [0.25, 0.3) is 0 Å². The molecule has 0 saturated heterocycles. The van der Waals surface area contributed by atoms with Gasteiger partial charge in [0.1, 0.15) is 12.6 Å². The van der Waals surface area contributed by atoms with Crippen molar-refractivity contribution in [3.05, 3.63) is 12.2 Å². The van der Waals surface area contributed by atoms with Crippen LogP contribution >= 0.6 is 0 Å². The molecule has 0 aliphatic heterocycles. The number of methoxy groups -OCH3 is 1. The maximum absolute atomic E-state index is 11.8. The van der Waals surface area contributed by atoms with Crippen molar-refractivity contribution in [2.24, 2.45) is 5.92 Å². The molecule has 2 unspecified atom stereocenters. The van der Waals surface area contributed by atoms with Crippen molar-refractivity contribution >= 4 is 5.78 Å². The summed E-state index contributed by atoms with van der Waals surface area (Å²) in [7, 11) is 1.60. The highest BCUT2D eigenvalue weighted by molar-refractivity contribution is 5.83. The van der Waals surface area contributed by atoms with Crippen LogP contribution in [0.4, 0.5) is 0 Å². The number of carbonyl (C=O) groups excluding carboxylic acids is 1. The molecule has 1 rings (SSSR count). The van der Waals surface area contributed by atoms with E-state index in [1.165, 1.54) is 0 Å². The number of ketones is 1. The Bertz CT molecular complexity index is 335. The van der Waals surface area contributed by atoms with Crippen molar-refractivity contribution in [3.8, 4) is 11.8 Å². The van der Waals surface area contributed by atoms with E-state index in [0.717, 1.165) is 19.3 Å². The van der Waals surface area contributed by atoms with Gasteiger partial charge in [-0.1, -0.05) is 18.1 Å². The molecule has 0 aromatic rings. The van der Waals surface area contributed by atoms with Crippen molar-refractivity contribution in [3.63, 3.8) is 0 Å². The van der Waals surface area contributed by atoms with Gasteiger partial charge in [-0.25, -0.2) is 0 Å². The first-order chi connectivity index (χ1) is 8.74. The summed E-state index contributed by atoms with van der Waals surface area (Å²) in [5, 5.41) is 0. The molecule has 0 saturated carbocycles. The topological polar surface area (TPSA) is 35.5 Å². The minimum absolute atomic E-state index is 0.0338. The van der Waals surface area contributed by atoms with Crippen molar-refractivity contribution in [2.75, 3.05) is 13.9 Å². The Morgan fingerprint density at radius 3 is 3.11 bits per heavy atom. The SMILES string of the molecule is COCOC1C=CCCCC#CC(C)C(=O)CC1. The smallest absolute Gasteiger partial charge is 0.147 e. The van der Waals surface area contributed by atoms with Crippen LogP contribution in [0.3, 0.4) is 0 Å². The van der Waals surface area contributed by atoms with Crippen molar-refractivity contribution < 1.29 is 14.3 Å². The first-order valence-electron chi connectivity index (χ1n) is 6.52. The molecule has 1 aliphatic carbocycles. The van der Waals surface area contributed by atoms with E-state index in [2.05, 4.69) is 17.9 Å². The molecular formula is C15H22O3. The van der Waals surface area contributed by atoms with Crippen molar-refractivity contribution in [1.29, 1.82) is 0 Å². The Morgan fingerprint density at radius 2 is 2.33 bits per heavy atom. The van der Waals surface area contributed by atoms with E-state index in [1.54, 1.807) is 7.11 Å². The van der Waals surface area contributed by atoms with Crippen molar-refractivity contribution in [1.82, 2.24) is 0 Å². The fourth-order valence-electron chi connectivity index (χ4n) is 1.75. The van der Waals surface area contributed by atoms with E-state index < -0.39 is 0 Å². The van der Waals surface area contributed by atoms with Crippen LogP contribution in [0.5, 0.6) is 0 Å². The second kappa shape index (κ2) is 8.91. The number of allylic oxidation sites excluding steroid dienone is 1. The van der Waals surface area contributed by atoms with Crippen LogP contribution in [0.15, 0.2) is 12.2 Å². The second-order valence-electron chi connectivity index (χ2n) is 4.48. The van der Waals surface area contributed by atoms with E-state index in [-0.39, 0.29) is 24.6 Å². The summed E-state index contributed by atoms with van der Waals surface area (Å²) in [6, 6.07) is 0. The molecule has 2 atom stereocenters. The molecule has 0 heterocycles. The zero-order valence-corrected chi connectivity index (χ0v) is 11.3. The highest BCUT2D eigenvalue weighted by Crippen LogP contribution is 2.11. The van der Waals surface area contributed by atoms with Crippen LogP contribution < -0.4 is 0 Å². The fraction of sp³-hybridized carbons (Fsp3) is 0.667. The third kappa shape index (κ3) is 6.00. The first-order valence-corrected chi connectivity index (χ1v) is 6.52. The van der Waals surface area contributed by atoms with Crippen molar-refractivity contribution in [2.45, 2.75) is 45.1 Å². The summed E-state index contributed by atoms with van der Waals surface area (Å²) in [4.78, 5) is 11.8. The van der Waals surface area contributed by atoms with E-state index in [9.17, 15) is 4.79 Å². The molecule has 0 fully saturated rings. The van der Waals surface area contributed by atoms with Gasteiger partial charge in [0.2, 0.25) is 0 Å². The molecule has 18 heavy (non-hydrogen) atoms. The lowest BCUT2D eigenvalue weighted by Gasteiger charge is -2.14. The quantitative estimate of drug-likeness (QED) is 0.439. The zero-order chi connectivity index (χ0) is 13.2. The number of hydrogen-bond acceptors (Lipinski definition) is 3. The minimum Gasteiger partial charge on any atom is -0.359 e. The van der Waals surface area contributed by atoms with E-state index in [1.807, 2.05) is 13.0 Å². The molecule has 0 bridgehead atoms. The maximum atomic E-state index is 11.8. The van der Waals surface area contributed by atoms with Gasteiger partial charge in [0.05, 0.1) is 12.0 Å². The maximum Gasteiger partial charge on any atom is 0.147 e. The van der Waals surface area contributed by atoms with Gasteiger partial charge in [-0.2, -0.15) is 0 Å². The molecule has 3 nitrogen and oxygen atoms in total. The first kappa shape index (κ1) is 14.9. The van der Waals surface area contributed by atoms with Crippen LogP contribution in [0.2, 0.25) is 0 Å². The molecule has 1 aliphatic rings. The number of rotatable bonds is 3. The Labute approximate surface area is 110 Å². The predicted molar refractivity (Wildman–Crippen MR) is 70.9 cm³/mol.